The molecule has 108 valence electrons. The number of anilines is 1. The molecule has 0 atom stereocenters. The number of aromatic carboxylic acids is 1. The highest BCUT2D eigenvalue weighted by Gasteiger charge is 2.36. The molecule has 0 bridgehead atoms. The number of para-hydroxylation sites is 1. The first kappa shape index (κ1) is 14.2. The van der Waals surface area contributed by atoms with Crippen LogP contribution in [0.4, 0.5) is 20.2 Å². The van der Waals surface area contributed by atoms with Crippen molar-refractivity contribution in [2.45, 2.75) is 18.8 Å². The van der Waals surface area contributed by atoms with Gasteiger partial charge in [-0.05, 0) is 12.1 Å². The molecular weight excluding hydrogens is 274 g/mol. The maximum atomic E-state index is 13.1. The Hall–Kier alpha value is -2.25. The summed E-state index contributed by atoms with van der Waals surface area (Å²) >= 11 is 0. The van der Waals surface area contributed by atoms with Gasteiger partial charge in [0.05, 0.1) is 4.92 Å². The molecule has 0 spiro atoms. The molecule has 20 heavy (non-hydrogen) atoms. The number of carbonyl (C=O) groups is 1. The number of nitrogens with zero attached hydrogens (tertiary/aromatic N) is 2. The van der Waals surface area contributed by atoms with E-state index in [1.807, 2.05) is 0 Å². The van der Waals surface area contributed by atoms with Crippen LogP contribution >= 0.6 is 0 Å². The minimum absolute atomic E-state index is 0.0447. The second-order valence-corrected chi connectivity index (χ2v) is 4.58. The molecule has 1 aliphatic rings. The third-order valence-electron chi connectivity index (χ3n) is 3.26. The first-order chi connectivity index (χ1) is 9.32. The molecule has 2 rings (SSSR count). The standard InChI is InChI=1S/C12H12F2N2O4/c13-12(14)4-6-15(7-5-12)9-3-1-2-8(11(17)18)10(9)16(19)20/h1-3H,4-7H2,(H,17,18). The fourth-order valence-corrected chi connectivity index (χ4v) is 2.23. The SMILES string of the molecule is O=C(O)c1cccc(N2CCC(F)(F)CC2)c1[N+](=O)[O-]. The van der Waals surface area contributed by atoms with Crippen molar-refractivity contribution in [3.63, 3.8) is 0 Å². The van der Waals surface area contributed by atoms with Gasteiger partial charge in [0.15, 0.2) is 0 Å². The summed E-state index contributed by atoms with van der Waals surface area (Å²) in [5.74, 6) is -4.18. The minimum atomic E-state index is -2.77. The lowest BCUT2D eigenvalue weighted by Gasteiger charge is -2.33. The van der Waals surface area contributed by atoms with Crippen LogP contribution in [0.5, 0.6) is 0 Å². The summed E-state index contributed by atoms with van der Waals surface area (Å²) in [5, 5.41) is 20.1. The smallest absolute Gasteiger partial charge is 0.342 e. The fraction of sp³-hybridized carbons (Fsp3) is 0.417. The number of carboxylic acids is 1. The topological polar surface area (TPSA) is 83.7 Å². The molecule has 8 heteroatoms. The van der Waals surface area contributed by atoms with Crippen molar-refractivity contribution >= 4 is 17.3 Å². The molecule has 0 saturated carbocycles. The first-order valence-electron chi connectivity index (χ1n) is 5.95. The van der Waals surface area contributed by atoms with E-state index in [2.05, 4.69) is 0 Å². The zero-order valence-corrected chi connectivity index (χ0v) is 10.4. The number of piperidine rings is 1. The molecule has 1 saturated heterocycles. The summed E-state index contributed by atoms with van der Waals surface area (Å²) in [7, 11) is 0. The average molecular weight is 286 g/mol. The van der Waals surface area contributed by atoms with E-state index in [9.17, 15) is 23.7 Å². The van der Waals surface area contributed by atoms with E-state index in [4.69, 9.17) is 5.11 Å². The van der Waals surface area contributed by atoms with Gasteiger partial charge in [-0.15, -0.1) is 0 Å². The quantitative estimate of drug-likeness (QED) is 0.681. The molecule has 0 aliphatic carbocycles. The molecule has 6 nitrogen and oxygen atoms in total. The van der Waals surface area contributed by atoms with Gasteiger partial charge in [-0.2, -0.15) is 0 Å². The lowest BCUT2D eigenvalue weighted by atomic mass is 10.0. The molecule has 0 amide bonds. The van der Waals surface area contributed by atoms with Crippen molar-refractivity contribution in [3.8, 4) is 0 Å². The third kappa shape index (κ3) is 2.68. The number of halogens is 2. The Kier molecular flexibility index (Phi) is 3.56. The Morgan fingerprint density at radius 2 is 1.95 bits per heavy atom. The fourth-order valence-electron chi connectivity index (χ4n) is 2.23. The van der Waals surface area contributed by atoms with Crippen LogP contribution in [0.1, 0.15) is 23.2 Å². The largest absolute Gasteiger partial charge is 0.477 e. The summed E-state index contributed by atoms with van der Waals surface area (Å²) in [6.07, 6.45) is -0.803. The number of nitro benzene ring substituents is 1. The van der Waals surface area contributed by atoms with Crippen molar-refractivity contribution in [2.75, 3.05) is 18.0 Å². The van der Waals surface area contributed by atoms with E-state index >= 15 is 0 Å². The number of carboxylic acid groups (broad SMARTS) is 1. The molecule has 1 heterocycles. The summed E-state index contributed by atoms with van der Waals surface area (Å²) in [6, 6.07) is 3.88. The average Bonchev–Trinajstić information content (AvgIpc) is 2.37. The van der Waals surface area contributed by atoms with E-state index in [-0.39, 0.29) is 18.8 Å². The number of benzene rings is 1. The predicted molar refractivity (Wildman–Crippen MR) is 66.4 cm³/mol. The van der Waals surface area contributed by atoms with Crippen molar-refractivity contribution in [1.82, 2.24) is 0 Å². The van der Waals surface area contributed by atoms with E-state index in [0.717, 1.165) is 6.07 Å². The lowest BCUT2D eigenvalue weighted by Crippen LogP contribution is -2.39. The van der Waals surface area contributed by atoms with Gasteiger partial charge >= 0.3 is 11.7 Å². The van der Waals surface area contributed by atoms with Gasteiger partial charge in [0.2, 0.25) is 0 Å². The number of hydrogen-bond acceptors (Lipinski definition) is 4. The summed E-state index contributed by atoms with van der Waals surface area (Å²) in [4.78, 5) is 22.8. The second kappa shape index (κ2) is 5.03. The Labute approximate surface area is 112 Å². The zero-order valence-electron chi connectivity index (χ0n) is 10.4. The van der Waals surface area contributed by atoms with Gasteiger partial charge < -0.3 is 10.0 Å². The van der Waals surface area contributed by atoms with Crippen molar-refractivity contribution in [3.05, 3.63) is 33.9 Å². The Balaban J connectivity index is 2.40. The molecular formula is C12H12F2N2O4. The van der Waals surface area contributed by atoms with E-state index in [1.165, 1.54) is 17.0 Å². The van der Waals surface area contributed by atoms with Crippen molar-refractivity contribution in [1.29, 1.82) is 0 Å². The Morgan fingerprint density at radius 1 is 1.35 bits per heavy atom. The van der Waals surface area contributed by atoms with E-state index in [1.54, 1.807) is 0 Å². The van der Waals surface area contributed by atoms with E-state index in [0.29, 0.717) is 0 Å². The van der Waals surface area contributed by atoms with Crippen molar-refractivity contribution in [2.24, 2.45) is 0 Å². The van der Waals surface area contributed by atoms with Gasteiger partial charge in [0, 0.05) is 25.9 Å². The zero-order chi connectivity index (χ0) is 14.9. The van der Waals surface area contributed by atoms with Crippen LogP contribution in [-0.4, -0.2) is 35.0 Å². The summed E-state index contributed by atoms with van der Waals surface area (Å²) in [6.45, 7) is -0.0895. The molecule has 1 aromatic rings. The second-order valence-electron chi connectivity index (χ2n) is 4.58. The van der Waals surface area contributed by atoms with Crippen LogP contribution in [0.2, 0.25) is 0 Å². The van der Waals surface area contributed by atoms with Gasteiger partial charge in [0.1, 0.15) is 11.3 Å². The highest BCUT2D eigenvalue weighted by molar-refractivity contribution is 5.95. The van der Waals surface area contributed by atoms with Gasteiger partial charge in [0.25, 0.3) is 5.92 Å². The molecule has 1 fully saturated rings. The van der Waals surface area contributed by atoms with Gasteiger partial charge in [-0.1, -0.05) is 6.07 Å². The highest BCUT2D eigenvalue weighted by atomic mass is 19.3. The molecule has 1 N–H and O–H groups in total. The minimum Gasteiger partial charge on any atom is -0.477 e. The first-order valence-corrected chi connectivity index (χ1v) is 5.95. The van der Waals surface area contributed by atoms with E-state index < -0.39 is 40.9 Å². The summed E-state index contributed by atoms with van der Waals surface area (Å²) < 4.78 is 26.2. The Morgan fingerprint density at radius 3 is 2.45 bits per heavy atom. The van der Waals surface area contributed by atoms with Gasteiger partial charge in [-0.3, -0.25) is 10.1 Å². The number of hydrogen-bond donors (Lipinski definition) is 1. The van der Waals surface area contributed by atoms with Crippen LogP contribution in [0.25, 0.3) is 0 Å². The molecule has 1 aliphatic heterocycles. The molecule has 1 aromatic carbocycles. The lowest BCUT2D eigenvalue weighted by molar-refractivity contribution is -0.384. The maximum Gasteiger partial charge on any atom is 0.342 e. The monoisotopic (exact) mass is 286 g/mol. The number of rotatable bonds is 3. The van der Waals surface area contributed by atoms with Crippen LogP contribution in [0.15, 0.2) is 18.2 Å². The molecule has 0 radical (unpaired) electrons. The normalized spacial score (nSPS) is 17.8. The number of nitro groups is 1. The van der Waals surface area contributed by atoms with Crippen LogP contribution < -0.4 is 4.90 Å². The van der Waals surface area contributed by atoms with Crippen molar-refractivity contribution < 1.29 is 23.6 Å². The predicted octanol–water partition coefficient (Wildman–Crippen LogP) is 2.53. The Bertz CT molecular complexity index is 552. The van der Waals surface area contributed by atoms with Crippen LogP contribution in [0.3, 0.4) is 0 Å². The third-order valence-corrected chi connectivity index (χ3v) is 3.26. The summed E-state index contributed by atoms with van der Waals surface area (Å²) in [5.41, 5.74) is -0.916. The molecule has 0 unspecified atom stereocenters. The van der Waals surface area contributed by atoms with Crippen LogP contribution in [0, 0.1) is 10.1 Å². The van der Waals surface area contributed by atoms with Crippen LogP contribution in [-0.2, 0) is 0 Å². The maximum absolute atomic E-state index is 13.1. The van der Waals surface area contributed by atoms with Gasteiger partial charge in [-0.25, -0.2) is 13.6 Å². The molecule has 0 aromatic heterocycles. The number of alkyl halides is 2. The highest BCUT2D eigenvalue weighted by Crippen LogP contribution is 2.36.